The van der Waals surface area contributed by atoms with E-state index < -0.39 is 0 Å². The molecule has 1 aliphatic rings. The Morgan fingerprint density at radius 2 is 2.24 bits per heavy atom. The van der Waals surface area contributed by atoms with E-state index in [4.69, 9.17) is 4.74 Å². The molecule has 4 nitrogen and oxygen atoms in total. The molecule has 0 unspecified atom stereocenters. The highest BCUT2D eigenvalue weighted by Crippen LogP contribution is 2.21. The van der Waals surface area contributed by atoms with Gasteiger partial charge in [0.25, 0.3) is 0 Å². The molecule has 2 aromatic rings. The number of aromatic nitrogens is 2. The molecule has 0 aliphatic carbocycles. The third-order valence-corrected chi connectivity index (χ3v) is 4.48. The second kappa shape index (κ2) is 6.58. The summed E-state index contributed by atoms with van der Waals surface area (Å²) in [6.45, 7) is 6.62. The summed E-state index contributed by atoms with van der Waals surface area (Å²) in [6.07, 6.45) is 4.56. The van der Waals surface area contributed by atoms with Crippen LogP contribution in [0.15, 0.2) is 30.6 Å². The van der Waals surface area contributed by atoms with Gasteiger partial charge in [0.2, 0.25) is 0 Å². The molecular weight excluding hydrogens is 262 g/mol. The van der Waals surface area contributed by atoms with Crippen molar-refractivity contribution in [3.05, 3.63) is 30.6 Å². The summed E-state index contributed by atoms with van der Waals surface area (Å²) in [7, 11) is 1.80. The molecule has 1 fully saturated rings. The van der Waals surface area contributed by atoms with Crippen LogP contribution in [0.25, 0.3) is 11.0 Å². The van der Waals surface area contributed by atoms with Gasteiger partial charge < -0.3 is 14.2 Å². The van der Waals surface area contributed by atoms with E-state index in [0.717, 1.165) is 25.2 Å². The molecule has 2 atom stereocenters. The van der Waals surface area contributed by atoms with Gasteiger partial charge in [0.15, 0.2) is 0 Å². The van der Waals surface area contributed by atoms with E-state index in [1.807, 2.05) is 12.4 Å². The predicted octanol–water partition coefficient (Wildman–Crippen LogP) is 2.96. The molecular formula is C17H25N3O. The summed E-state index contributed by atoms with van der Waals surface area (Å²) in [4.78, 5) is 7.08. The lowest BCUT2D eigenvalue weighted by molar-refractivity contribution is 0.0849. The molecule has 0 saturated carbocycles. The van der Waals surface area contributed by atoms with Crippen LogP contribution in [0.1, 0.15) is 25.8 Å². The maximum Gasteiger partial charge on any atom is 0.0961 e. The van der Waals surface area contributed by atoms with Crippen LogP contribution in [0, 0.1) is 5.92 Å². The number of hydrogen-bond donors (Lipinski definition) is 0. The fraction of sp³-hybridized carbons (Fsp3) is 0.588. The first-order chi connectivity index (χ1) is 10.3. The maximum absolute atomic E-state index is 5.32. The largest absolute Gasteiger partial charge is 0.384 e. The summed E-state index contributed by atoms with van der Waals surface area (Å²) in [5, 5.41) is 0. The zero-order valence-electron chi connectivity index (χ0n) is 13.0. The van der Waals surface area contributed by atoms with E-state index in [9.17, 15) is 0 Å². The van der Waals surface area contributed by atoms with Crippen LogP contribution in [0.2, 0.25) is 0 Å². The first-order valence-corrected chi connectivity index (χ1v) is 7.91. The molecule has 114 valence electrons. The minimum atomic E-state index is 0.443. The number of methoxy groups -OCH3 is 1. The van der Waals surface area contributed by atoms with Crippen molar-refractivity contribution in [3.8, 4) is 0 Å². The molecule has 1 saturated heterocycles. The molecule has 2 heterocycles. The van der Waals surface area contributed by atoms with Crippen LogP contribution in [0.3, 0.4) is 0 Å². The molecule has 0 spiro atoms. The van der Waals surface area contributed by atoms with Crippen molar-refractivity contribution < 1.29 is 4.74 Å². The van der Waals surface area contributed by atoms with Gasteiger partial charge in [-0.05, 0) is 44.4 Å². The maximum atomic E-state index is 5.32. The summed E-state index contributed by atoms with van der Waals surface area (Å²) in [6, 6.07) is 8.81. The van der Waals surface area contributed by atoms with E-state index in [2.05, 4.69) is 39.6 Å². The lowest BCUT2D eigenvalue weighted by atomic mass is 9.98. The number of imidazole rings is 1. The van der Waals surface area contributed by atoms with Crippen molar-refractivity contribution in [1.82, 2.24) is 14.5 Å². The fourth-order valence-corrected chi connectivity index (χ4v) is 3.48. The minimum Gasteiger partial charge on any atom is -0.384 e. The number of hydrogen-bond acceptors (Lipinski definition) is 3. The van der Waals surface area contributed by atoms with Crippen LogP contribution in [-0.2, 0) is 4.74 Å². The van der Waals surface area contributed by atoms with Gasteiger partial charge in [0.1, 0.15) is 0 Å². The normalized spacial score (nSPS) is 21.7. The van der Waals surface area contributed by atoms with Crippen LogP contribution in [0.4, 0.5) is 0 Å². The van der Waals surface area contributed by atoms with Gasteiger partial charge in [-0.15, -0.1) is 0 Å². The van der Waals surface area contributed by atoms with Gasteiger partial charge in [0.05, 0.1) is 24.0 Å². The van der Waals surface area contributed by atoms with E-state index in [1.165, 1.54) is 24.9 Å². The van der Waals surface area contributed by atoms with Gasteiger partial charge in [-0.2, -0.15) is 0 Å². The second-order valence-electron chi connectivity index (χ2n) is 6.21. The van der Waals surface area contributed by atoms with Crippen molar-refractivity contribution in [2.75, 3.05) is 33.4 Å². The lowest BCUT2D eigenvalue weighted by Gasteiger charge is -2.34. The van der Waals surface area contributed by atoms with Crippen LogP contribution < -0.4 is 0 Å². The van der Waals surface area contributed by atoms with Crippen molar-refractivity contribution in [2.24, 2.45) is 5.92 Å². The summed E-state index contributed by atoms with van der Waals surface area (Å²) >= 11 is 0. The third kappa shape index (κ3) is 3.27. The molecule has 0 radical (unpaired) electrons. The summed E-state index contributed by atoms with van der Waals surface area (Å²) in [5.74, 6) is 0.690. The Labute approximate surface area is 126 Å². The molecule has 1 aromatic carbocycles. The first-order valence-electron chi connectivity index (χ1n) is 7.91. The van der Waals surface area contributed by atoms with Crippen LogP contribution >= 0.6 is 0 Å². The predicted molar refractivity (Wildman–Crippen MR) is 85.5 cm³/mol. The van der Waals surface area contributed by atoms with E-state index in [1.54, 1.807) is 7.11 Å². The first kappa shape index (κ1) is 14.5. The number of piperidine rings is 1. The van der Waals surface area contributed by atoms with Crippen molar-refractivity contribution in [2.45, 2.75) is 25.8 Å². The molecule has 0 bridgehead atoms. The van der Waals surface area contributed by atoms with Gasteiger partial charge in [0, 0.05) is 26.2 Å². The number of para-hydroxylation sites is 2. The molecule has 4 heteroatoms. The van der Waals surface area contributed by atoms with Gasteiger partial charge >= 0.3 is 0 Å². The Morgan fingerprint density at radius 3 is 3.10 bits per heavy atom. The zero-order chi connectivity index (χ0) is 14.7. The summed E-state index contributed by atoms with van der Waals surface area (Å²) in [5.41, 5.74) is 2.32. The standard InChI is InChI=1S/C17H25N3O/c1-14(10-19-9-5-6-15(11-19)12-21-2)20-13-18-16-7-3-4-8-17(16)20/h3-4,7-8,13-15H,5-6,9-12H2,1-2H3/t14-,15+/m0/s1. The molecule has 1 aliphatic heterocycles. The third-order valence-electron chi connectivity index (χ3n) is 4.48. The summed E-state index contributed by atoms with van der Waals surface area (Å²) < 4.78 is 7.62. The number of nitrogens with zero attached hydrogens (tertiary/aromatic N) is 3. The quantitative estimate of drug-likeness (QED) is 0.847. The number of benzene rings is 1. The Morgan fingerprint density at radius 1 is 1.38 bits per heavy atom. The number of rotatable bonds is 5. The topological polar surface area (TPSA) is 30.3 Å². The lowest BCUT2D eigenvalue weighted by Crippen LogP contribution is -2.39. The Balaban J connectivity index is 1.67. The molecule has 21 heavy (non-hydrogen) atoms. The molecule has 3 rings (SSSR count). The Hall–Kier alpha value is -1.39. The van der Waals surface area contributed by atoms with Crippen molar-refractivity contribution in [3.63, 3.8) is 0 Å². The average Bonchev–Trinajstić information content (AvgIpc) is 2.92. The van der Waals surface area contributed by atoms with Crippen molar-refractivity contribution >= 4 is 11.0 Å². The van der Waals surface area contributed by atoms with E-state index in [0.29, 0.717) is 12.0 Å². The average molecular weight is 287 g/mol. The van der Waals surface area contributed by atoms with Crippen molar-refractivity contribution in [1.29, 1.82) is 0 Å². The SMILES string of the molecule is COC[C@@H]1CCCN(C[C@H](C)n2cnc3ccccc32)C1. The fourth-order valence-electron chi connectivity index (χ4n) is 3.48. The highest BCUT2D eigenvalue weighted by atomic mass is 16.5. The molecule has 0 N–H and O–H groups in total. The Kier molecular flexibility index (Phi) is 4.56. The van der Waals surface area contributed by atoms with Gasteiger partial charge in [-0.3, -0.25) is 0 Å². The highest BCUT2D eigenvalue weighted by molar-refractivity contribution is 5.75. The van der Waals surface area contributed by atoms with Crippen LogP contribution in [-0.4, -0.2) is 47.8 Å². The molecule has 1 aromatic heterocycles. The van der Waals surface area contributed by atoms with Crippen LogP contribution in [0.5, 0.6) is 0 Å². The minimum absolute atomic E-state index is 0.443. The number of fused-ring (bicyclic) bond motifs is 1. The highest BCUT2D eigenvalue weighted by Gasteiger charge is 2.21. The van der Waals surface area contributed by atoms with E-state index in [-0.39, 0.29) is 0 Å². The van der Waals surface area contributed by atoms with Gasteiger partial charge in [-0.1, -0.05) is 12.1 Å². The smallest absolute Gasteiger partial charge is 0.0961 e. The molecule has 0 amide bonds. The second-order valence-corrected chi connectivity index (χ2v) is 6.21. The zero-order valence-corrected chi connectivity index (χ0v) is 13.0. The number of ether oxygens (including phenoxy) is 1. The number of likely N-dealkylation sites (tertiary alicyclic amines) is 1. The van der Waals surface area contributed by atoms with E-state index >= 15 is 0 Å². The Bertz CT molecular complexity index is 578. The van der Waals surface area contributed by atoms with Gasteiger partial charge in [-0.25, -0.2) is 4.98 Å². The monoisotopic (exact) mass is 287 g/mol.